The molecule has 1 amide bonds. The molecule has 1 aliphatic heterocycles. The number of aromatic amines is 1. The average molecular weight is 245 g/mol. The van der Waals surface area contributed by atoms with E-state index in [0.29, 0.717) is 25.5 Å². The van der Waals surface area contributed by atoms with Crippen molar-refractivity contribution in [1.29, 1.82) is 0 Å². The van der Waals surface area contributed by atoms with E-state index >= 15 is 0 Å². The lowest BCUT2D eigenvalue weighted by atomic mass is 10.1. The smallest absolute Gasteiger partial charge is 0.275 e. The first-order valence-corrected chi connectivity index (χ1v) is 6.09. The van der Waals surface area contributed by atoms with Crippen LogP contribution >= 0.6 is 0 Å². The van der Waals surface area contributed by atoms with Gasteiger partial charge in [-0.25, -0.2) is 0 Å². The molecule has 0 bridgehead atoms. The van der Waals surface area contributed by atoms with Crippen molar-refractivity contribution < 1.29 is 9.53 Å². The van der Waals surface area contributed by atoms with Gasteiger partial charge in [0.05, 0.1) is 24.8 Å². The normalized spacial score (nSPS) is 20.3. The monoisotopic (exact) mass is 245 g/mol. The lowest BCUT2D eigenvalue weighted by molar-refractivity contribution is 0.00338. The van der Waals surface area contributed by atoms with E-state index in [4.69, 9.17) is 4.74 Å². The van der Waals surface area contributed by atoms with Gasteiger partial charge in [-0.15, -0.1) is 0 Å². The van der Waals surface area contributed by atoms with Gasteiger partial charge in [-0.1, -0.05) is 18.2 Å². The van der Waals surface area contributed by atoms with Crippen molar-refractivity contribution in [3.8, 4) is 0 Å². The number of aromatic nitrogens is 2. The molecule has 0 radical (unpaired) electrons. The Labute approximate surface area is 105 Å². The van der Waals surface area contributed by atoms with Crippen LogP contribution in [0, 0.1) is 0 Å². The number of ether oxygens (including phenoxy) is 1. The lowest BCUT2D eigenvalue weighted by Crippen LogP contribution is -2.47. The number of para-hydroxylation sites is 1. The Morgan fingerprint density at radius 2 is 2.33 bits per heavy atom. The number of nitrogens with zero attached hydrogens (tertiary/aromatic N) is 2. The maximum absolute atomic E-state index is 12.5. The van der Waals surface area contributed by atoms with Crippen molar-refractivity contribution in [2.24, 2.45) is 0 Å². The average Bonchev–Trinajstić information content (AvgIpc) is 2.82. The summed E-state index contributed by atoms with van der Waals surface area (Å²) in [6.45, 7) is 3.81. The van der Waals surface area contributed by atoms with Crippen LogP contribution in [0.5, 0.6) is 0 Å². The highest BCUT2D eigenvalue weighted by Crippen LogP contribution is 2.18. The molecule has 0 aliphatic carbocycles. The van der Waals surface area contributed by atoms with E-state index in [-0.39, 0.29) is 11.9 Å². The third-order valence-corrected chi connectivity index (χ3v) is 3.30. The Morgan fingerprint density at radius 3 is 3.17 bits per heavy atom. The number of carbonyl (C=O) groups excluding carboxylic acids is 1. The molecule has 5 heteroatoms. The second kappa shape index (κ2) is 4.42. The lowest BCUT2D eigenvalue weighted by Gasteiger charge is -2.32. The number of hydrogen-bond donors (Lipinski definition) is 1. The van der Waals surface area contributed by atoms with Crippen molar-refractivity contribution in [3.05, 3.63) is 30.0 Å². The molecule has 0 saturated carbocycles. The second-order valence-corrected chi connectivity index (χ2v) is 4.54. The van der Waals surface area contributed by atoms with Crippen molar-refractivity contribution in [2.45, 2.75) is 13.0 Å². The molecule has 1 atom stereocenters. The van der Waals surface area contributed by atoms with Crippen molar-refractivity contribution in [2.75, 3.05) is 19.8 Å². The SMILES string of the molecule is C[C@@H]1COCCN1C(=O)c1n[nH]c2ccccc12. The molecule has 3 rings (SSSR count). The molecule has 1 aromatic carbocycles. The van der Waals surface area contributed by atoms with E-state index in [1.54, 1.807) is 0 Å². The zero-order valence-electron chi connectivity index (χ0n) is 10.2. The highest BCUT2D eigenvalue weighted by molar-refractivity contribution is 6.04. The molecule has 18 heavy (non-hydrogen) atoms. The van der Waals surface area contributed by atoms with Gasteiger partial charge in [0.1, 0.15) is 0 Å². The van der Waals surface area contributed by atoms with E-state index in [1.165, 1.54) is 0 Å². The number of amides is 1. The summed E-state index contributed by atoms with van der Waals surface area (Å²) in [6, 6.07) is 7.77. The van der Waals surface area contributed by atoms with Crippen LogP contribution in [0.3, 0.4) is 0 Å². The number of benzene rings is 1. The van der Waals surface area contributed by atoms with E-state index < -0.39 is 0 Å². The molecule has 1 aliphatic rings. The quantitative estimate of drug-likeness (QED) is 0.826. The molecular formula is C13H15N3O2. The van der Waals surface area contributed by atoms with Gasteiger partial charge in [0.2, 0.25) is 0 Å². The van der Waals surface area contributed by atoms with Crippen molar-refractivity contribution in [1.82, 2.24) is 15.1 Å². The number of morpholine rings is 1. The molecule has 5 nitrogen and oxygen atoms in total. The topological polar surface area (TPSA) is 58.2 Å². The fourth-order valence-corrected chi connectivity index (χ4v) is 2.29. The Bertz CT molecular complexity index is 578. The number of H-pyrrole nitrogens is 1. The number of carbonyl (C=O) groups is 1. The number of nitrogens with one attached hydrogen (secondary N) is 1. The van der Waals surface area contributed by atoms with Gasteiger partial charge in [-0.2, -0.15) is 5.10 Å². The molecule has 2 aromatic rings. The first kappa shape index (κ1) is 11.2. The van der Waals surface area contributed by atoms with Crippen molar-refractivity contribution in [3.63, 3.8) is 0 Å². The fourth-order valence-electron chi connectivity index (χ4n) is 2.29. The summed E-state index contributed by atoms with van der Waals surface area (Å²) in [6.07, 6.45) is 0. The highest BCUT2D eigenvalue weighted by Gasteiger charge is 2.27. The van der Waals surface area contributed by atoms with Gasteiger partial charge in [0, 0.05) is 11.9 Å². The highest BCUT2D eigenvalue weighted by atomic mass is 16.5. The maximum atomic E-state index is 12.5. The van der Waals surface area contributed by atoms with Crippen LogP contribution in [0.2, 0.25) is 0 Å². The Kier molecular flexibility index (Phi) is 2.76. The Morgan fingerprint density at radius 1 is 1.50 bits per heavy atom. The first-order valence-electron chi connectivity index (χ1n) is 6.09. The largest absolute Gasteiger partial charge is 0.377 e. The molecule has 1 aromatic heterocycles. The minimum Gasteiger partial charge on any atom is -0.377 e. The molecular weight excluding hydrogens is 230 g/mol. The van der Waals surface area contributed by atoms with Gasteiger partial charge >= 0.3 is 0 Å². The standard InChI is InChI=1S/C13H15N3O2/c1-9-8-18-7-6-16(9)13(17)12-10-4-2-3-5-11(10)14-15-12/h2-5,9H,6-8H2,1H3,(H,14,15)/t9-/m1/s1. The second-order valence-electron chi connectivity index (χ2n) is 4.54. The third kappa shape index (κ3) is 1.76. The van der Waals surface area contributed by atoms with E-state index in [1.807, 2.05) is 36.1 Å². The van der Waals surface area contributed by atoms with Gasteiger partial charge < -0.3 is 9.64 Å². The Balaban J connectivity index is 1.96. The van der Waals surface area contributed by atoms with Crippen LogP contribution < -0.4 is 0 Å². The van der Waals surface area contributed by atoms with Crippen molar-refractivity contribution >= 4 is 16.8 Å². The van der Waals surface area contributed by atoms with E-state index in [9.17, 15) is 4.79 Å². The zero-order valence-corrected chi connectivity index (χ0v) is 10.2. The predicted octanol–water partition coefficient (Wildman–Crippen LogP) is 1.42. The molecule has 0 unspecified atom stereocenters. The summed E-state index contributed by atoms with van der Waals surface area (Å²) in [5.74, 6) is -0.0248. The molecule has 2 heterocycles. The molecule has 0 spiro atoms. The van der Waals surface area contributed by atoms with Gasteiger partial charge in [-0.3, -0.25) is 9.89 Å². The molecule has 1 saturated heterocycles. The van der Waals surface area contributed by atoms with Crippen LogP contribution in [-0.4, -0.2) is 46.8 Å². The minimum atomic E-state index is -0.0248. The van der Waals surface area contributed by atoms with E-state index in [2.05, 4.69) is 10.2 Å². The van der Waals surface area contributed by atoms with Crippen LogP contribution in [0.1, 0.15) is 17.4 Å². The summed E-state index contributed by atoms with van der Waals surface area (Å²) in [7, 11) is 0. The number of hydrogen-bond acceptors (Lipinski definition) is 3. The summed E-state index contributed by atoms with van der Waals surface area (Å²) in [5.41, 5.74) is 1.39. The van der Waals surface area contributed by atoms with Gasteiger partial charge in [0.15, 0.2) is 5.69 Å². The number of fused-ring (bicyclic) bond motifs is 1. The molecule has 1 N–H and O–H groups in total. The van der Waals surface area contributed by atoms with Crippen LogP contribution in [0.25, 0.3) is 10.9 Å². The predicted molar refractivity (Wildman–Crippen MR) is 67.4 cm³/mol. The molecule has 1 fully saturated rings. The minimum absolute atomic E-state index is 0.0248. The van der Waals surface area contributed by atoms with E-state index in [0.717, 1.165) is 10.9 Å². The summed E-state index contributed by atoms with van der Waals surface area (Å²) < 4.78 is 5.34. The summed E-state index contributed by atoms with van der Waals surface area (Å²) >= 11 is 0. The Hall–Kier alpha value is -1.88. The molecule has 94 valence electrons. The van der Waals surface area contributed by atoms with Crippen LogP contribution in [-0.2, 0) is 4.74 Å². The summed E-state index contributed by atoms with van der Waals surface area (Å²) in [4.78, 5) is 14.3. The van der Waals surface area contributed by atoms with Gasteiger partial charge in [0.25, 0.3) is 5.91 Å². The van der Waals surface area contributed by atoms with Gasteiger partial charge in [-0.05, 0) is 13.0 Å². The third-order valence-electron chi connectivity index (χ3n) is 3.30. The number of rotatable bonds is 1. The first-order chi connectivity index (χ1) is 8.77. The zero-order chi connectivity index (χ0) is 12.5. The summed E-state index contributed by atoms with van der Waals surface area (Å²) in [5, 5.41) is 7.92. The fraction of sp³-hybridized carbons (Fsp3) is 0.385. The maximum Gasteiger partial charge on any atom is 0.275 e. The van der Waals surface area contributed by atoms with Crippen LogP contribution in [0.4, 0.5) is 0 Å². The van der Waals surface area contributed by atoms with Crippen LogP contribution in [0.15, 0.2) is 24.3 Å².